The maximum absolute atomic E-state index is 12.4. The summed E-state index contributed by atoms with van der Waals surface area (Å²) < 4.78 is 5.69. The number of benzene rings is 2. The van der Waals surface area contributed by atoms with Gasteiger partial charge in [0.2, 0.25) is 5.88 Å². The summed E-state index contributed by atoms with van der Waals surface area (Å²) in [6, 6.07) is 19.8. The molecule has 1 aromatic heterocycles. The maximum atomic E-state index is 12.4. The third kappa shape index (κ3) is 3.69. The molecule has 2 aromatic carbocycles. The third-order valence-corrected chi connectivity index (χ3v) is 6.56. The highest BCUT2D eigenvalue weighted by Gasteiger charge is 2.40. The van der Waals surface area contributed by atoms with Gasteiger partial charge in [0.25, 0.3) is 5.91 Å². The average molecular weight is 444 g/mol. The van der Waals surface area contributed by atoms with E-state index in [2.05, 4.69) is 5.32 Å². The summed E-state index contributed by atoms with van der Waals surface area (Å²) in [5.74, 6) is 0.359. The molecule has 2 N–H and O–H groups in total. The quantitative estimate of drug-likeness (QED) is 0.591. The predicted molar refractivity (Wildman–Crippen MR) is 125 cm³/mol. The molecule has 0 saturated heterocycles. The summed E-state index contributed by atoms with van der Waals surface area (Å²) >= 11 is 0. The number of carboxylic acid groups (broad SMARTS) is 1. The molecular weight excluding hydrogens is 418 g/mol. The molecule has 0 unspecified atom stereocenters. The van der Waals surface area contributed by atoms with Crippen molar-refractivity contribution in [1.29, 1.82) is 0 Å². The molecule has 2 amide bonds. The third-order valence-electron chi connectivity index (χ3n) is 6.56. The molecular formula is C26H25N3O4. The lowest BCUT2D eigenvalue weighted by molar-refractivity contribution is -0.121. The Labute approximate surface area is 192 Å². The van der Waals surface area contributed by atoms with Gasteiger partial charge in [-0.1, -0.05) is 54.6 Å². The zero-order valence-electron chi connectivity index (χ0n) is 18.4. The molecule has 3 aromatic rings. The molecule has 0 atom stereocenters. The molecule has 0 bridgehead atoms. The number of pyridine rings is 1. The number of aromatic nitrogens is 1. The molecule has 1 aliphatic carbocycles. The summed E-state index contributed by atoms with van der Waals surface area (Å²) in [6.07, 6.45) is 1.57. The van der Waals surface area contributed by atoms with Crippen LogP contribution in [0.1, 0.15) is 31.7 Å². The minimum atomic E-state index is -1.01. The predicted octanol–water partition coefficient (Wildman–Crippen LogP) is 4.81. The van der Waals surface area contributed by atoms with E-state index >= 15 is 0 Å². The van der Waals surface area contributed by atoms with Crippen molar-refractivity contribution < 1.29 is 19.4 Å². The van der Waals surface area contributed by atoms with E-state index in [1.54, 1.807) is 4.90 Å². The highest BCUT2D eigenvalue weighted by molar-refractivity contribution is 5.99. The lowest BCUT2D eigenvalue weighted by atomic mass is 9.71. The summed E-state index contributed by atoms with van der Waals surface area (Å²) in [4.78, 5) is 30.2. The molecule has 7 nitrogen and oxygen atoms in total. The molecule has 7 heteroatoms. The van der Waals surface area contributed by atoms with Crippen LogP contribution in [-0.4, -0.2) is 35.2 Å². The van der Waals surface area contributed by atoms with Crippen molar-refractivity contribution in [3.8, 4) is 28.3 Å². The summed E-state index contributed by atoms with van der Waals surface area (Å²) in [6.45, 7) is 2.45. The SMILES string of the molecule is CCN1C(=O)COc2nc(-c3ccc(C4(NC(=O)O)CCC4)cc3)c(-c3ccccc3)cc21. The highest BCUT2D eigenvalue weighted by Crippen LogP contribution is 2.43. The topological polar surface area (TPSA) is 91.8 Å². The number of carbonyl (C=O) groups excluding carboxylic acids is 1. The first-order chi connectivity index (χ1) is 16.0. The zero-order valence-corrected chi connectivity index (χ0v) is 18.4. The van der Waals surface area contributed by atoms with E-state index in [1.165, 1.54) is 0 Å². The minimum Gasteiger partial charge on any atom is -0.466 e. The summed E-state index contributed by atoms with van der Waals surface area (Å²) in [7, 11) is 0. The fraction of sp³-hybridized carbons (Fsp3) is 0.269. The lowest BCUT2D eigenvalue weighted by Gasteiger charge is -2.42. The van der Waals surface area contributed by atoms with Gasteiger partial charge in [-0.15, -0.1) is 0 Å². The van der Waals surface area contributed by atoms with E-state index in [-0.39, 0.29) is 12.5 Å². The van der Waals surface area contributed by atoms with Gasteiger partial charge in [-0.05, 0) is 43.4 Å². The van der Waals surface area contributed by atoms with Crippen LogP contribution in [0.3, 0.4) is 0 Å². The molecule has 0 radical (unpaired) electrons. The Hall–Kier alpha value is -3.87. The van der Waals surface area contributed by atoms with E-state index in [9.17, 15) is 14.7 Å². The van der Waals surface area contributed by atoms with E-state index in [0.29, 0.717) is 18.1 Å². The van der Waals surface area contributed by atoms with Crippen molar-refractivity contribution in [1.82, 2.24) is 10.3 Å². The Morgan fingerprint density at radius 2 is 1.85 bits per heavy atom. The molecule has 0 spiro atoms. The van der Waals surface area contributed by atoms with Crippen LogP contribution >= 0.6 is 0 Å². The number of ether oxygens (including phenoxy) is 1. The van der Waals surface area contributed by atoms with Crippen LogP contribution in [0.15, 0.2) is 60.7 Å². The Kier molecular flexibility index (Phi) is 5.24. The number of anilines is 1. The van der Waals surface area contributed by atoms with Crippen LogP contribution in [0.4, 0.5) is 10.5 Å². The van der Waals surface area contributed by atoms with Crippen LogP contribution < -0.4 is 15.0 Å². The fourth-order valence-corrected chi connectivity index (χ4v) is 4.70. The van der Waals surface area contributed by atoms with Gasteiger partial charge in [0, 0.05) is 17.7 Å². The van der Waals surface area contributed by atoms with Crippen molar-refractivity contribution in [2.75, 3.05) is 18.1 Å². The first-order valence-corrected chi connectivity index (χ1v) is 11.2. The van der Waals surface area contributed by atoms with Gasteiger partial charge in [-0.25, -0.2) is 9.78 Å². The number of carbonyl (C=O) groups is 2. The van der Waals surface area contributed by atoms with E-state index in [0.717, 1.165) is 47.2 Å². The second-order valence-corrected chi connectivity index (χ2v) is 8.44. The highest BCUT2D eigenvalue weighted by atomic mass is 16.5. The number of likely N-dealkylation sites (N-methyl/N-ethyl adjacent to an activating group) is 1. The first kappa shape index (κ1) is 21.0. The number of hydrogen-bond donors (Lipinski definition) is 2. The van der Waals surface area contributed by atoms with Crippen LogP contribution in [0.2, 0.25) is 0 Å². The van der Waals surface area contributed by atoms with Gasteiger partial charge in [0.15, 0.2) is 6.61 Å². The number of fused-ring (bicyclic) bond motifs is 1. The van der Waals surface area contributed by atoms with Gasteiger partial charge in [0.1, 0.15) is 5.69 Å². The Balaban J connectivity index is 1.60. The van der Waals surface area contributed by atoms with E-state index in [1.807, 2.05) is 67.6 Å². The summed E-state index contributed by atoms with van der Waals surface area (Å²) in [5, 5.41) is 12.0. The van der Waals surface area contributed by atoms with E-state index in [4.69, 9.17) is 9.72 Å². The molecule has 1 aliphatic heterocycles. The molecule has 2 aliphatic rings. The molecule has 168 valence electrons. The van der Waals surface area contributed by atoms with E-state index < -0.39 is 11.6 Å². The average Bonchev–Trinajstić information content (AvgIpc) is 2.81. The fourth-order valence-electron chi connectivity index (χ4n) is 4.70. The number of amides is 2. The molecule has 33 heavy (non-hydrogen) atoms. The lowest BCUT2D eigenvalue weighted by Crippen LogP contribution is -2.50. The molecule has 1 saturated carbocycles. The normalized spacial score (nSPS) is 16.4. The number of hydrogen-bond acceptors (Lipinski definition) is 4. The van der Waals surface area contributed by atoms with Crippen LogP contribution in [0.25, 0.3) is 22.4 Å². The van der Waals surface area contributed by atoms with Crippen LogP contribution in [0, 0.1) is 0 Å². The van der Waals surface area contributed by atoms with Gasteiger partial charge in [0.05, 0.1) is 11.2 Å². The Bertz CT molecular complexity index is 1200. The number of nitrogens with one attached hydrogen (secondary N) is 1. The number of rotatable bonds is 5. The number of nitrogens with zero attached hydrogens (tertiary/aromatic N) is 2. The Morgan fingerprint density at radius 1 is 1.12 bits per heavy atom. The minimum absolute atomic E-state index is 0.0275. The standard InChI is InChI=1S/C26H25N3O4/c1-2-29-21-15-20(17-7-4-3-5-8-17)23(27-24(21)33-16-22(29)30)18-9-11-19(12-10-18)26(13-6-14-26)28-25(31)32/h3-5,7-12,15,28H,2,6,13-14,16H2,1H3,(H,31,32). The van der Waals surface area contributed by atoms with Crippen molar-refractivity contribution in [3.05, 3.63) is 66.2 Å². The van der Waals surface area contributed by atoms with Gasteiger partial charge >= 0.3 is 6.09 Å². The maximum Gasteiger partial charge on any atom is 0.405 e. The summed E-state index contributed by atoms with van der Waals surface area (Å²) in [5.41, 5.74) is 4.66. The second kappa shape index (κ2) is 8.24. The Morgan fingerprint density at radius 3 is 2.45 bits per heavy atom. The van der Waals surface area contributed by atoms with Crippen LogP contribution in [0.5, 0.6) is 5.88 Å². The van der Waals surface area contributed by atoms with Crippen LogP contribution in [-0.2, 0) is 10.3 Å². The van der Waals surface area contributed by atoms with Gasteiger partial charge < -0.3 is 20.1 Å². The van der Waals surface area contributed by atoms with Crippen molar-refractivity contribution in [3.63, 3.8) is 0 Å². The van der Waals surface area contributed by atoms with Crippen molar-refractivity contribution >= 4 is 17.7 Å². The second-order valence-electron chi connectivity index (χ2n) is 8.44. The van der Waals surface area contributed by atoms with Crippen molar-refractivity contribution in [2.45, 2.75) is 31.7 Å². The van der Waals surface area contributed by atoms with Gasteiger partial charge in [-0.3, -0.25) is 4.79 Å². The monoisotopic (exact) mass is 443 g/mol. The molecule has 5 rings (SSSR count). The van der Waals surface area contributed by atoms with Gasteiger partial charge in [-0.2, -0.15) is 0 Å². The van der Waals surface area contributed by atoms with Crippen molar-refractivity contribution in [2.24, 2.45) is 0 Å². The molecule has 1 fully saturated rings. The largest absolute Gasteiger partial charge is 0.466 e. The smallest absolute Gasteiger partial charge is 0.405 e. The first-order valence-electron chi connectivity index (χ1n) is 11.2. The molecule has 2 heterocycles. The zero-order chi connectivity index (χ0) is 23.0.